The van der Waals surface area contributed by atoms with E-state index in [1.807, 2.05) is 6.92 Å². The van der Waals surface area contributed by atoms with Crippen molar-refractivity contribution >= 4 is 27.3 Å². The molecule has 128 valence electrons. The number of aromatic hydroxyl groups is 1. The van der Waals surface area contributed by atoms with E-state index in [0.717, 1.165) is 5.56 Å². The van der Waals surface area contributed by atoms with Crippen molar-refractivity contribution in [1.29, 1.82) is 0 Å². The van der Waals surface area contributed by atoms with E-state index in [2.05, 4.69) is 10.0 Å². The first kappa shape index (κ1) is 17.8. The number of sulfonamides is 1. The first-order chi connectivity index (χ1) is 11.2. The zero-order valence-corrected chi connectivity index (χ0v) is 14.6. The smallest absolute Gasteiger partial charge is 0.259 e. The average Bonchev–Trinajstić information content (AvgIpc) is 2.52. The van der Waals surface area contributed by atoms with Crippen LogP contribution >= 0.6 is 0 Å². The summed E-state index contributed by atoms with van der Waals surface area (Å²) >= 11 is 0. The molecule has 0 radical (unpaired) electrons. The van der Waals surface area contributed by atoms with Gasteiger partial charge in [0.1, 0.15) is 5.75 Å². The van der Waals surface area contributed by atoms with Crippen molar-refractivity contribution in [1.82, 2.24) is 0 Å². The molecule has 2 aromatic rings. The summed E-state index contributed by atoms with van der Waals surface area (Å²) in [4.78, 5) is 12.3. The average molecular weight is 348 g/mol. The molecule has 0 heterocycles. The number of carbonyl (C=O) groups excluding carboxylic acids is 1. The van der Waals surface area contributed by atoms with Crippen LogP contribution in [-0.2, 0) is 10.0 Å². The van der Waals surface area contributed by atoms with E-state index >= 15 is 0 Å². The molecule has 24 heavy (non-hydrogen) atoms. The van der Waals surface area contributed by atoms with Crippen LogP contribution in [0.2, 0.25) is 0 Å². The molecule has 3 N–H and O–H groups in total. The third-order valence-electron chi connectivity index (χ3n) is 3.53. The quantitative estimate of drug-likeness (QED) is 0.774. The number of anilines is 2. The number of hydrogen-bond acceptors (Lipinski definition) is 4. The van der Waals surface area contributed by atoms with Gasteiger partial charge in [-0.2, -0.15) is 0 Å². The van der Waals surface area contributed by atoms with Gasteiger partial charge in [-0.1, -0.05) is 11.6 Å². The second kappa shape index (κ2) is 6.92. The minimum Gasteiger partial charge on any atom is -0.507 e. The van der Waals surface area contributed by atoms with Gasteiger partial charge in [-0.15, -0.1) is 0 Å². The van der Waals surface area contributed by atoms with E-state index < -0.39 is 15.9 Å². The Hall–Kier alpha value is -2.54. The molecule has 0 atom stereocenters. The van der Waals surface area contributed by atoms with Gasteiger partial charge in [0.2, 0.25) is 10.0 Å². The van der Waals surface area contributed by atoms with Gasteiger partial charge in [0.15, 0.2) is 0 Å². The van der Waals surface area contributed by atoms with Crippen molar-refractivity contribution in [3.63, 3.8) is 0 Å². The van der Waals surface area contributed by atoms with Crippen LogP contribution in [0.15, 0.2) is 36.4 Å². The fourth-order valence-electron chi connectivity index (χ4n) is 2.13. The van der Waals surface area contributed by atoms with Crippen molar-refractivity contribution < 1.29 is 18.3 Å². The molecule has 2 rings (SSSR count). The van der Waals surface area contributed by atoms with Gasteiger partial charge in [0.25, 0.3) is 5.91 Å². The summed E-state index contributed by atoms with van der Waals surface area (Å²) < 4.78 is 25.7. The molecule has 0 fully saturated rings. The second-order valence-electron chi connectivity index (χ2n) is 5.51. The molecule has 0 aliphatic heterocycles. The molecule has 0 spiro atoms. The standard InChI is InChI=1S/C17H20N2O4S/c1-4-24(22,23)19-15-7-6-13(10-12(15)3)18-17(21)14-9-11(2)5-8-16(14)20/h5-10,19-20H,4H2,1-3H3,(H,18,21). The lowest BCUT2D eigenvalue weighted by atomic mass is 10.1. The van der Waals surface area contributed by atoms with Crippen LogP contribution in [0.5, 0.6) is 5.75 Å². The van der Waals surface area contributed by atoms with Crippen LogP contribution in [0.4, 0.5) is 11.4 Å². The molecule has 2 aromatic carbocycles. The summed E-state index contributed by atoms with van der Waals surface area (Å²) in [6.45, 7) is 5.13. The van der Waals surface area contributed by atoms with E-state index in [1.165, 1.54) is 6.07 Å². The Morgan fingerprint density at radius 1 is 1.12 bits per heavy atom. The van der Waals surface area contributed by atoms with Crippen LogP contribution in [0.25, 0.3) is 0 Å². The Balaban J connectivity index is 2.20. The number of benzene rings is 2. The van der Waals surface area contributed by atoms with Gasteiger partial charge in [0.05, 0.1) is 17.0 Å². The zero-order chi connectivity index (χ0) is 17.9. The maximum Gasteiger partial charge on any atom is 0.259 e. The number of nitrogens with one attached hydrogen (secondary N) is 2. The number of aryl methyl sites for hydroxylation is 2. The molecule has 0 bridgehead atoms. The number of rotatable bonds is 5. The van der Waals surface area contributed by atoms with E-state index in [1.54, 1.807) is 44.2 Å². The first-order valence-corrected chi connectivity index (χ1v) is 9.09. The molecule has 7 heteroatoms. The third kappa shape index (κ3) is 4.26. The zero-order valence-electron chi connectivity index (χ0n) is 13.8. The lowest BCUT2D eigenvalue weighted by Crippen LogP contribution is -2.16. The number of phenolic OH excluding ortho intramolecular Hbond substituents is 1. The van der Waals surface area contributed by atoms with Crippen LogP contribution in [0.3, 0.4) is 0 Å². The Kier molecular flexibility index (Phi) is 5.14. The van der Waals surface area contributed by atoms with Crippen molar-refractivity contribution in [2.75, 3.05) is 15.8 Å². The lowest BCUT2D eigenvalue weighted by molar-refractivity contribution is 0.102. The SMILES string of the molecule is CCS(=O)(=O)Nc1ccc(NC(=O)c2cc(C)ccc2O)cc1C. The molecule has 0 saturated heterocycles. The fourth-order valence-corrected chi connectivity index (χ4v) is 2.83. The largest absolute Gasteiger partial charge is 0.507 e. The number of hydrogen-bond donors (Lipinski definition) is 3. The van der Waals surface area contributed by atoms with Crippen molar-refractivity contribution in [3.8, 4) is 5.75 Å². The Bertz CT molecular complexity index is 876. The first-order valence-electron chi connectivity index (χ1n) is 7.44. The summed E-state index contributed by atoms with van der Waals surface area (Å²) in [7, 11) is -3.35. The highest BCUT2D eigenvalue weighted by Crippen LogP contribution is 2.23. The highest BCUT2D eigenvalue weighted by Gasteiger charge is 2.13. The molecule has 0 aliphatic rings. The second-order valence-corrected chi connectivity index (χ2v) is 7.52. The number of amides is 1. The number of carbonyl (C=O) groups is 1. The maximum atomic E-state index is 12.3. The Morgan fingerprint density at radius 3 is 2.46 bits per heavy atom. The monoisotopic (exact) mass is 348 g/mol. The van der Waals surface area contributed by atoms with E-state index in [9.17, 15) is 18.3 Å². The highest BCUT2D eigenvalue weighted by atomic mass is 32.2. The topological polar surface area (TPSA) is 95.5 Å². The van der Waals surface area contributed by atoms with Crippen molar-refractivity contribution in [2.24, 2.45) is 0 Å². The van der Waals surface area contributed by atoms with Crippen LogP contribution in [0.1, 0.15) is 28.4 Å². The summed E-state index contributed by atoms with van der Waals surface area (Å²) in [5.41, 5.74) is 2.70. The normalized spacial score (nSPS) is 11.1. The van der Waals surface area contributed by atoms with Gasteiger partial charge in [-0.3, -0.25) is 9.52 Å². The molecule has 0 saturated carbocycles. The number of phenols is 1. The molecule has 1 amide bonds. The van der Waals surface area contributed by atoms with Crippen LogP contribution in [0, 0.1) is 13.8 Å². The fraction of sp³-hybridized carbons (Fsp3) is 0.235. The Morgan fingerprint density at radius 2 is 1.83 bits per heavy atom. The van der Waals surface area contributed by atoms with E-state index in [4.69, 9.17) is 0 Å². The predicted octanol–water partition coefficient (Wildman–Crippen LogP) is 3.02. The summed E-state index contributed by atoms with van der Waals surface area (Å²) in [5, 5.41) is 12.5. The molecular formula is C17H20N2O4S. The van der Waals surface area contributed by atoms with Gasteiger partial charge >= 0.3 is 0 Å². The van der Waals surface area contributed by atoms with Gasteiger partial charge in [0, 0.05) is 5.69 Å². The summed E-state index contributed by atoms with van der Waals surface area (Å²) in [5.74, 6) is -0.544. The summed E-state index contributed by atoms with van der Waals surface area (Å²) in [6, 6.07) is 9.64. The predicted molar refractivity (Wildman–Crippen MR) is 95.1 cm³/mol. The van der Waals surface area contributed by atoms with Crippen molar-refractivity contribution in [2.45, 2.75) is 20.8 Å². The minimum absolute atomic E-state index is 0.0163. The van der Waals surface area contributed by atoms with E-state index in [-0.39, 0.29) is 17.1 Å². The van der Waals surface area contributed by atoms with Crippen LogP contribution in [-0.4, -0.2) is 25.2 Å². The van der Waals surface area contributed by atoms with Gasteiger partial charge in [-0.05, 0) is 56.7 Å². The van der Waals surface area contributed by atoms with E-state index in [0.29, 0.717) is 16.9 Å². The van der Waals surface area contributed by atoms with Gasteiger partial charge < -0.3 is 10.4 Å². The molecule has 0 aromatic heterocycles. The Labute approximate surface area is 141 Å². The maximum absolute atomic E-state index is 12.3. The molecule has 0 aliphatic carbocycles. The lowest BCUT2D eigenvalue weighted by Gasteiger charge is -2.12. The van der Waals surface area contributed by atoms with Crippen LogP contribution < -0.4 is 10.0 Å². The molecule has 6 nitrogen and oxygen atoms in total. The molecule has 0 unspecified atom stereocenters. The minimum atomic E-state index is -3.35. The highest BCUT2D eigenvalue weighted by molar-refractivity contribution is 7.92. The van der Waals surface area contributed by atoms with Gasteiger partial charge in [-0.25, -0.2) is 8.42 Å². The summed E-state index contributed by atoms with van der Waals surface area (Å²) in [6.07, 6.45) is 0. The third-order valence-corrected chi connectivity index (χ3v) is 4.82. The van der Waals surface area contributed by atoms with Crippen molar-refractivity contribution in [3.05, 3.63) is 53.1 Å². The molecular weight excluding hydrogens is 328 g/mol.